The predicted molar refractivity (Wildman–Crippen MR) is 180 cm³/mol. The number of carbonyl (C=O) groups is 2. The van der Waals surface area contributed by atoms with Crippen molar-refractivity contribution in [1.29, 1.82) is 0 Å². The Morgan fingerprint density at radius 2 is 1.42 bits per heavy atom. The van der Waals surface area contributed by atoms with Gasteiger partial charge in [0.2, 0.25) is 11.8 Å². The summed E-state index contributed by atoms with van der Waals surface area (Å²) in [6.07, 6.45) is 0.853. The summed E-state index contributed by atoms with van der Waals surface area (Å²) in [7, 11) is -4.14. The zero-order valence-electron chi connectivity index (χ0n) is 26.5. The first-order chi connectivity index (χ1) is 21.6. The van der Waals surface area contributed by atoms with Gasteiger partial charge in [-0.1, -0.05) is 117 Å². The Labute approximate surface area is 268 Å². The standard InChI is InChI=1S/C37H43N3O4S/c1-5-32-19-12-13-22-34(32)40(45(43,44)33-20-10-7-11-21-33)27-36(41)39(26-31-18-14-15-29(4)23-31)35(37(42)38-25-28(2)3)24-30-16-8-6-9-17-30/h6-23,28,35H,5,24-27H2,1-4H3,(H,38,42). The zero-order valence-corrected chi connectivity index (χ0v) is 27.3. The number of hydrogen-bond donors (Lipinski definition) is 1. The number of nitrogens with zero attached hydrogens (tertiary/aromatic N) is 2. The van der Waals surface area contributed by atoms with Gasteiger partial charge in [0.15, 0.2) is 0 Å². The lowest BCUT2D eigenvalue weighted by Crippen LogP contribution is -2.53. The molecule has 0 saturated carbocycles. The van der Waals surface area contributed by atoms with E-state index in [9.17, 15) is 18.0 Å². The van der Waals surface area contributed by atoms with E-state index in [2.05, 4.69) is 5.32 Å². The van der Waals surface area contributed by atoms with Crippen molar-refractivity contribution in [2.45, 2.75) is 58.0 Å². The number of para-hydroxylation sites is 1. The average Bonchev–Trinajstić information content (AvgIpc) is 3.04. The van der Waals surface area contributed by atoms with Gasteiger partial charge in [-0.05, 0) is 54.2 Å². The van der Waals surface area contributed by atoms with Gasteiger partial charge in [-0.25, -0.2) is 8.42 Å². The molecule has 45 heavy (non-hydrogen) atoms. The topological polar surface area (TPSA) is 86.8 Å². The summed E-state index contributed by atoms with van der Waals surface area (Å²) in [6.45, 7) is 8.08. The second kappa shape index (κ2) is 15.5. The molecule has 0 bridgehead atoms. The lowest BCUT2D eigenvalue weighted by Gasteiger charge is -2.34. The van der Waals surface area contributed by atoms with E-state index in [1.54, 1.807) is 35.2 Å². The molecular weight excluding hydrogens is 582 g/mol. The highest BCUT2D eigenvalue weighted by atomic mass is 32.2. The molecule has 0 aliphatic heterocycles. The number of carbonyl (C=O) groups excluding carboxylic acids is 2. The fraction of sp³-hybridized carbons (Fsp3) is 0.297. The molecule has 0 fully saturated rings. The molecule has 1 atom stereocenters. The fourth-order valence-electron chi connectivity index (χ4n) is 5.27. The Hall–Kier alpha value is -4.43. The van der Waals surface area contributed by atoms with Crippen LogP contribution in [0.4, 0.5) is 5.69 Å². The molecule has 1 N–H and O–H groups in total. The molecule has 2 amide bonds. The Balaban J connectivity index is 1.82. The van der Waals surface area contributed by atoms with E-state index >= 15 is 0 Å². The highest BCUT2D eigenvalue weighted by Gasteiger charge is 2.35. The van der Waals surface area contributed by atoms with Crippen molar-refractivity contribution in [2.75, 3.05) is 17.4 Å². The highest BCUT2D eigenvalue weighted by Crippen LogP contribution is 2.28. The molecule has 0 saturated heterocycles. The summed E-state index contributed by atoms with van der Waals surface area (Å²) in [4.78, 5) is 30.1. The summed E-state index contributed by atoms with van der Waals surface area (Å²) in [5.74, 6) is -0.535. The van der Waals surface area contributed by atoms with Crippen molar-refractivity contribution in [3.05, 3.63) is 131 Å². The molecule has 0 aliphatic rings. The fourth-order valence-corrected chi connectivity index (χ4v) is 6.74. The third-order valence-corrected chi connectivity index (χ3v) is 9.42. The maximum Gasteiger partial charge on any atom is 0.264 e. The molecule has 236 valence electrons. The Morgan fingerprint density at radius 1 is 0.800 bits per heavy atom. The monoisotopic (exact) mass is 625 g/mol. The van der Waals surface area contributed by atoms with Crippen LogP contribution < -0.4 is 9.62 Å². The van der Waals surface area contributed by atoms with Crippen molar-refractivity contribution >= 4 is 27.5 Å². The van der Waals surface area contributed by atoms with E-state index in [1.807, 2.05) is 94.4 Å². The van der Waals surface area contributed by atoms with E-state index in [0.29, 0.717) is 18.7 Å². The predicted octanol–water partition coefficient (Wildman–Crippen LogP) is 6.17. The van der Waals surface area contributed by atoms with Gasteiger partial charge in [0, 0.05) is 19.5 Å². The number of sulfonamides is 1. The van der Waals surface area contributed by atoms with Crippen LogP contribution in [-0.2, 0) is 39.0 Å². The minimum Gasteiger partial charge on any atom is -0.354 e. The van der Waals surface area contributed by atoms with Crippen molar-refractivity contribution in [1.82, 2.24) is 10.2 Å². The second-order valence-electron chi connectivity index (χ2n) is 11.7. The molecular formula is C37H43N3O4S. The van der Waals surface area contributed by atoms with Crippen LogP contribution >= 0.6 is 0 Å². The molecule has 0 heterocycles. The molecule has 1 unspecified atom stereocenters. The molecule has 0 aromatic heterocycles. The smallest absolute Gasteiger partial charge is 0.264 e. The average molecular weight is 626 g/mol. The lowest BCUT2D eigenvalue weighted by atomic mass is 10.0. The van der Waals surface area contributed by atoms with E-state index in [1.165, 1.54) is 16.4 Å². The molecule has 4 rings (SSSR count). The van der Waals surface area contributed by atoms with Crippen LogP contribution in [0, 0.1) is 12.8 Å². The second-order valence-corrected chi connectivity index (χ2v) is 13.5. The number of benzene rings is 4. The highest BCUT2D eigenvalue weighted by molar-refractivity contribution is 7.92. The van der Waals surface area contributed by atoms with Gasteiger partial charge in [-0.15, -0.1) is 0 Å². The Bertz CT molecular complexity index is 1670. The van der Waals surface area contributed by atoms with E-state index < -0.39 is 28.5 Å². The number of aryl methyl sites for hydroxylation is 2. The minimum atomic E-state index is -4.14. The van der Waals surface area contributed by atoms with Gasteiger partial charge in [0.05, 0.1) is 10.6 Å². The lowest BCUT2D eigenvalue weighted by molar-refractivity contribution is -0.140. The first kappa shape index (κ1) is 33.5. The third kappa shape index (κ3) is 8.82. The summed E-state index contributed by atoms with van der Waals surface area (Å²) >= 11 is 0. The van der Waals surface area contributed by atoms with E-state index in [0.717, 1.165) is 22.3 Å². The van der Waals surface area contributed by atoms with Crippen molar-refractivity contribution < 1.29 is 18.0 Å². The number of rotatable bonds is 14. The van der Waals surface area contributed by atoms with Crippen LogP contribution in [0.15, 0.2) is 114 Å². The largest absolute Gasteiger partial charge is 0.354 e. The number of nitrogens with one attached hydrogen (secondary N) is 1. The molecule has 8 heteroatoms. The van der Waals surface area contributed by atoms with Crippen LogP contribution in [0.3, 0.4) is 0 Å². The van der Waals surface area contributed by atoms with E-state index in [4.69, 9.17) is 0 Å². The SMILES string of the molecule is CCc1ccccc1N(CC(=O)N(Cc1cccc(C)c1)C(Cc1ccccc1)C(=O)NCC(C)C)S(=O)(=O)c1ccccc1. The summed E-state index contributed by atoms with van der Waals surface area (Å²) in [6, 6.07) is 31.9. The molecule has 0 radical (unpaired) electrons. The van der Waals surface area contributed by atoms with Gasteiger partial charge in [-0.2, -0.15) is 0 Å². The number of amides is 2. The van der Waals surface area contributed by atoms with Gasteiger partial charge >= 0.3 is 0 Å². The van der Waals surface area contributed by atoms with Crippen LogP contribution in [0.2, 0.25) is 0 Å². The molecule has 0 spiro atoms. The molecule has 7 nitrogen and oxygen atoms in total. The van der Waals surface area contributed by atoms with Gasteiger partial charge < -0.3 is 10.2 Å². The normalized spacial score (nSPS) is 12.0. The van der Waals surface area contributed by atoms with Crippen LogP contribution in [0.1, 0.15) is 43.0 Å². The van der Waals surface area contributed by atoms with Crippen LogP contribution in [0.25, 0.3) is 0 Å². The summed E-state index contributed by atoms with van der Waals surface area (Å²) in [5.41, 5.74) is 4.01. The number of anilines is 1. The summed E-state index contributed by atoms with van der Waals surface area (Å²) in [5, 5.41) is 3.03. The molecule has 4 aromatic carbocycles. The zero-order chi connectivity index (χ0) is 32.4. The molecule has 4 aromatic rings. The third-order valence-electron chi connectivity index (χ3n) is 7.64. The van der Waals surface area contributed by atoms with Gasteiger partial charge in [-0.3, -0.25) is 13.9 Å². The van der Waals surface area contributed by atoms with Crippen molar-refractivity contribution in [3.8, 4) is 0 Å². The quantitative estimate of drug-likeness (QED) is 0.182. The van der Waals surface area contributed by atoms with Crippen LogP contribution in [-0.4, -0.2) is 44.3 Å². The molecule has 0 aliphatic carbocycles. The minimum absolute atomic E-state index is 0.0875. The van der Waals surface area contributed by atoms with Gasteiger partial charge in [0.1, 0.15) is 12.6 Å². The summed E-state index contributed by atoms with van der Waals surface area (Å²) < 4.78 is 29.6. The van der Waals surface area contributed by atoms with E-state index in [-0.39, 0.29) is 29.7 Å². The maximum absolute atomic E-state index is 14.6. The first-order valence-corrected chi connectivity index (χ1v) is 16.9. The number of hydrogen-bond acceptors (Lipinski definition) is 4. The van der Waals surface area contributed by atoms with Crippen molar-refractivity contribution in [2.24, 2.45) is 5.92 Å². The Kier molecular flexibility index (Phi) is 11.5. The maximum atomic E-state index is 14.6. The Morgan fingerprint density at radius 3 is 2.07 bits per heavy atom. The van der Waals surface area contributed by atoms with Crippen LogP contribution in [0.5, 0.6) is 0 Å². The van der Waals surface area contributed by atoms with Gasteiger partial charge in [0.25, 0.3) is 10.0 Å². The first-order valence-electron chi connectivity index (χ1n) is 15.4. The van der Waals surface area contributed by atoms with Crippen molar-refractivity contribution in [3.63, 3.8) is 0 Å².